The van der Waals surface area contributed by atoms with Crippen LogP contribution in [0.4, 0.5) is 9.59 Å². The van der Waals surface area contributed by atoms with Crippen LogP contribution in [0.5, 0.6) is 5.75 Å². The molecule has 0 radical (unpaired) electrons. The maximum atomic E-state index is 12.6. The minimum atomic E-state index is -0.512. The minimum Gasteiger partial charge on any atom is -0.497 e. The van der Waals surface area contributed by atoms with E-state index in [0.29, 0.717) is 32.8 Å². The molecule has 1 N–H and O–H groups in total. The Morgan fingerprint density at radius 3 is 2.16 bits per heavy atom. The van der Waals surface area contributed by atoms with Gasteiger partial charge in [-0.1, -0.05) is 12.1 Å². The Labute approximate surface area is 148 Å². The van der Waals surface area contributed by atoms with Crippen molar-refractivity contribution in [2.75, 3.05) is 39.9 Å². The fraction of sp³-hybridized carbons (Fsp3) is 0.556. The normalized spacial score (nSPS) is 14.9. The summed E-state index contributed by atoms with van der Waals surface area (Å²) in [5.74, 6) is 0.779. The molecule has 7 nitrogen and oxygen atoms in total. The third-order valence-corrected chi connectivity index (χ3v) is 4.32. The van der Waals surface area contributed by atoms with Gasteiger partial charge >= 0.3 is 12.1 Å². The van der Waals surface area contributed by atoms with Crippen molar-refractivity contribution in [2.45, 2.75) is 26.3 Å². The van der Waals surface area contributed by atoms with Gasteiger partial charge < -0.3 is 24.6 Å². The van der Waals surface area contributed by atoms with Gasteiger partial charge in [0.05, 0.1) is 19.3 Å². The predicted octanol–water partition coefficient (Wildman–Crippen LogP) is 2.41. The predicted molar refractivity (Wildman–Crippen MR) is 94.7 cm³/mol. The van der Waals surface area contributed by atoms with Crippen LogP contribution in [0.1, 0.15) is 26.3 Å². The van der Waals surface area contributed by atoms with E-state index in [4.69, 9.17) is 9.47 Å². The average molecular weight is 349 g/mol. The minimum absolute atomic E-state index is 0.135. The molecule has 1 aliphatic rings. The number of nitrogens with zero attached hydrogens (tertiary/aromatic N) is 2. The molecule has 0 spiro atoms. The van der Waals surface area contributed by atoms with Crippen molar-refractivity contribution in [3.05, 3.63) is 29.8 Å². The summed E-state index contributed by atoms with van der Waals surface area (Å²) in [6.45, 7) is 8.00. The molecular formula is C18H27N3O4. The van der Waals surface area contributed by atoms with Crippen molar-refractivity contribution in [3.63, 3.8) is 0 Å². The second kappa shape index (κ2) is 8.09. The zero-order chi connectivity index (χ0) is 18.4. The molecule has 25 heavy (non-hydrogen) atoms. The van der Waals surface area contributed by atoms with Crippen LogP contribution in [0.3, 0.4) is 0 Å². The van der Waals surface area contributed by atoms with E-state index in [-0.39, 0.29) is 12.1 Å². The first kappa shape index (κ1) is 18.9. The van der Waals surface area contributed by atoms with Crippen molar-refractivity contribution in [3.8, 4) is 5.75 Å². The number of amides is 3. The van der Waals surface area contributed by atoms with Gasteiger partial charge in [-0.15, -0.1) is 0 Å². The lowest BCUT2D eigenvalue weighted by molar-refractivity contribution is 0.0840. The van der Waals surface area contributed by atoms with E-state index in [1.807, 2.05) is 38.1 Å². The molecular weight excluding hydrogens is 322 g/mol. The number of methoxy groups -OCH3 is 1. The number of hydrogen-bond donors (Lipinski definition) is 1. The lowest BCUT2D eigenvalue weighted by Gasteiger charge is -2.36. The molecule has 0 atom stereocenters. The monoisotopic (exact) mass is 349 g/mol. The van der Waals surface area contributed by atoms with Crippen molar-refractivity contribution >= 4 is 12.1 Å². The summed E-state index contributed by atoms with van der Waals surface area (Å²) in [6, 6.07) is 7.50. The lowest BCUT2D eigenvalue weighted by Crippen LogP contribution is -2.55. The number of hydrogen-bond acceptors (Lipinski definition) is 4. The van der Waals surface area contributed by atoms with Gasteiger partial charge in [0.1, 0.15) is 5.75 Å². The van der Waals surface area contributed by atoms with E-state index < -0.39 is 5.54 Å². The highest BCUT2D eigenvalue weighted by Crippen LogP contribution is 2.23. The first-order valence-electron chi connectivity index (χ1n) is 8.50. The Morgan fingerprint density at radius 1 is 1.08 bits per heavy atom. The van der Waals surface area contributed by atoms with Crippen molar-refractivity contribution in [1.82, 2.24) is 15.1 Å². The molecule has 138 valence electrons. The highest BCUT2D eigenvalue weighted by molar-refractivity contribution is 5.76. The summed E-state index contributed by atoms with van der Waals surface area (Å²) in [5.41, 5.74) is 0.480. The number of carbonyl (C=O) groups is 2. The Balaban J connectivity index is 1.91. The smallest absolute Gasteiger partial charge is 0.409 e. The zero-order valence-electron chi connectivity index (χ0n) is 15.4. The molecule has 0 aromatic heterocycles. The average Bonchev–Trinajstić information content (AvgIpc) is 2.61. The summed E-state index contributed by atoms with van der Waals surface area (Å²) < 4.78 is 10.2. The molecule has 0 bridgehead atoms. The number of carbonyl (C=O) groups excluding carboxylic acids is 2. The molecule has 1 aromatic rings. The third kappa shape index (κ3) is 4.78. The second-order valence-corrected chi connectivity index (χ2v) is 6.46. The van der Waals surface area contributed by atoms with Gasteiger partial charge in [0, 0.05) is 26.2 Å². The first-order chi connectivity index (χ1) is 11.9. The Hall–Kier alpha value is -2.44. The highest BCUT2D eigenvalue weighted by atomic mass is 16.6. The van der Waals surface area contributed by atoms with Crippen LogP contribution in [0.25, 0.3) is 0 Å². The number of nitrogens with one attached hydrogen (secondary N) is 1. The molecule has 1 aliphatic heterocycles. The Bertz CT molecular complexity index is 593. The summed E-state index contributed by atoms with van der Waals surface area (Å²) in [7, 11) is 1.62. The standard InChI is InChI=1S/C18H27N3O4/c1-5-25-17(23)21-12-10-20(11-13-21)16(22)19-18(2,3)14-6-8-15(24-4)9-7-14/h6-9H,5,10-13H2,1-4H3,(H,19,22). The van der Waals surface area contributed by atoms with Gasteiger partial charge in [0.25, 0.3) is 0 Å². The zero-order valence-corrected chi connectivity index (χ0v) is 15.4. The maximum absolute atomic E-state index is 12.6. The molecule has 0 aliphatic carbocycles. The van der Waals surface area contributed by atoms with Crippen molar-refractivity contribution in [2.24, 2.45) is 0 Å². The van der Waals surface area contributed by atoms with Crippen LogP contribution in [0.15, 0.2) is 24.3 Å². The molecule has 1 aromatic carbocycles. The quantitative estimate of drug-likeness (QED) is 0.906. The first-order valence-corrected chi connectivity index (χ1v) is 8.50. The van der Waals surface area contributed by atoms with Crippen LogP contribution >= 0.6 is 0 Å². The molecule has 2 rings (SSSR count). The molecule has 0 unspecified atom stereocenters. The molecule has 3 amide bonds. The Morgan fingerprint density at radius 2 is 1.64 bits per heavy atom. The van der Waals surface area contributed by atoms with E-state index in [0.717, 1.165) is 11.3 Å². The fourth-order valence-corrected chi connectivity index (χ4v) is 2.73. The van der Waals surface area contributed by atoms with Gasteiger partial charge in [-0.3, -0.25) is 0 Å². The van der Waals surface area contributed by atoms with Gasteiger partial charge in [-0.2, -0.15) is 0 Å². The molecule has 0 saturated carbocycles. The van der Waals surface area contributed by atoms with Crippen LogP contribution in [-0.2, 0) is 10.3 Å². The van der Waals surface area contributed by atoms with Crippen molar-refractivity contribution in [1.29, 1.82) is 0 Å². The molecule has 1 fully saturated rings. The summed E-state index contributed by atoms with van der Waals surface area (Å²) in [6.07, 6.45) is -0.318. The van der Waals surface area contributed by atoms with Gasteiger partial charge in [-0.05, 0) is 38.5 Å². The van der Waals surface area contributed by atoms with Crippen LogP contribution in [0.2, 0.25) is 0 Å². The number of piperazine rings is 1. The number of ether oxygens (including phenoxy) is 2. The number of urea groups is 1. The van der Waals surface area contributed by atoms with Crippen LogP contribution in [0, 0.1) is 0 Å². The summed E-state index contributed by atoms with van der Waals surface area (Å²) >= 11 is 0. The maximum Gasteiger partial charge on any atom is 0.409 e. The largest absolute Gasteiger partial charge is 0.497 e. The second-order valence-electron chi connectivity index (χ2n) is 6.46. The molecule has 1 heterocycles. The van der Waals surface area contributed by atoms with E-state index in [9.17, 15) is 9.59 Å². The third-order valence-electron chi connectivity index (χ3n) is 4.32. The van der Waals surface area contributed by atoms with E-state index >= 15 is 0 Å². The van der Waals surface area contributed by atoms with Gasteiger partial charge in [0.15, 0.2) is 0 Å². The topological polar surface area (TPSA) is 71.1 Å². The summed E-state index contributed by atoms with van der Waals surface area (Å²) in [4.78, 5) is 27.6. The highest BCUT2D eigenvalue weighted by Gasteiger charge is 2.29. The SMILES string of the molecule is CCOC(=O)N1CCN(C(=O)NC(C)(C)c2ccc(OC)cc2)CC1. The molecule has 7 heteroatoms. The van der Waals surface area contributed by atoms with Gasteiger partial charge in [-0.25, -0.2) is 9.59 Å². The lowest BCUT2D eigenvalue weighted by atomic mass is 9.94. The van der Waals surface area contributed by atoms with Crippen molar-refractivity contribution < 1.29 is 19.1 Å². The number of rotatable bonds is 4. The fourth-order valence-electron chi connectivity index (χ4n) is 2.73. The van der Waals surface area contributed by atoms with Crippen LogP contribution in [-0.4, -0.2) is 61.8 Å². The van der Waals surface area contributed by atoms with E-state index in [2.05, 4.69) is 5.32 Å². The number of benzene rings is 1. The van der Waals surface area contributed by atoms with E-state index in [1.165, 1.54) is 0 Å². The van der Waals surface area contributed by atoms with Crippen LogP contribution < -0.4 is 10.1 Å². The molecule has 1 saturated heterocycles. The van der Waals surface area contributed by atoms with Gasteiger partial charge in [0.2, 0.25) is 0 Å². The van der Waals surface area contributed by atoms with E-state index in [1.54, 1.807) is 23.8 Å². The summed E-state index contributed by atoms with van der Waals surface area (Å²) in [5, 5.41) is 3.06. The Kier molecular flexibility index (Phi) is 6.12.